The highest BCUT2D eigenvalue weighted by Gasteiger charge is 2.29. The molecule has 1 atom stereocenters. The number of carbonyl (C=O) groups is 2. The van der Waals surface area contributed by atoms with Gasteiger partial charge in [-0.25, -0.2) is 0 Å². The molecule has 1 N–H and O–H groups in total. The monoisotopic (exact) mass is 550 g/mol. The van der Waals surface area contributed by atoms with E-state index in [1.807, 2.05) is 18.2 Å². The van der Waals surface area contributed by atoms with Crippen LogP contribution < -0.4 is 24.3 Å². The van der Waals surface area contributed by atoms with Crippen LogP contribution >= 0.6 is 0 Å². The molecule has 12 nitrogen and oxygen atoms in total. The lowest BCUT2D eigenvalue weighted by Crippen LogP contribution is -2.51. The SMILES string of the molecule is COc1ccc(-c2nnn(CC(=O)N(Cc3ccc4c(c3)OCO4)C(C)C(=O)NC3CCCCC3)n2)cc1OC. The van der Waals surface area contributed by atoms with Crippen molar-refractivity contribution in [3.8, 4) is 34.4 Å². The summed E-state index contributed by atoms with van der Waals surface area (Å²) in [7, 11) is 3.11. The van der Waals surface area contributed by atoms with Crippen LogP contribution in [0.25, 0.3) is 11.4 Å². The highest BCUT2D eigenvalue weighted by atomic mass is 16.7. The lowest BCUT2D eigenvalue weighted by molar-refractivity contribution is -0.141. The van der Waals surface area contributed by atoms with Crippen molar-refractivity contribution in [2.24, 2.45) is 0 Å². The minimum Gasteiger partial charge on any atom is -0.493 e. The molecule has 212 valence electrons. The number of carbonyl (C=O) groups excluding carboxylic acids is 2. The van der Waals surface area contributed by atoms with E-state index in [1.54, 1.807) is 39.3 Å². The van der Waals surface area contributed by atoms with Gasteiger partial charge in [0, 0.05) is 18.2 Å². The van der Waals surface area contributed by atoms with Crippen LogP contribution in [0.2, 0.25) is 0 Å². The number of ether oxygens (including phenoxy) is 4. The molecule has 1 aliphatic heterocycles. The summed E-state index contributed by atoms with van der Waals surface area (Å²) in [5.41, 5.74) is 1.47. The van der Waals surface area contributed by atoms with Crippen molar-refractivity contribution in [2.75, 3.05) is 21.0 Å². The molecule has 1 unspecified atom stereocenters. The average Bonchev–Trinajstić information content (AvgIpc) is 3.65. The maximum absolute atomic E-state index is 13.6. The van der Waals surface area contributed by atoms with Gasteiger partial charge in [-0.1, -0.05) is 25.3 Å². The first-order chi connectivity index (χ1) is 19.4. The Labute approximate surface area is 232 Å². The van der Waals surface area contributed by atoms with E-state index in [0.29, 0.717) is 34.4 Å². The first-order valence-electron chi connectivity index (χ1n) is 13.4. The second kappa shape index (κ2) is 12.2. The smallest absolute Gasteiger partial charge is 0.247 e. The number of nitrogens with one attached hydrogen (secondary N) is 1. The van der Waals surface area contributed by atoms with Gasteiger partial charge in [0.1, 0.15) is 12.6 Å². The van der Waals surface area contributed by atoms with Crippen molar-refractivity contribution >= 4 is 11.8 Å². The van der Waals surface area contributed by atoms with Crippen molar-refractivity contribution in [1.82, 2.24) is 30.4 Å². The molecule has 40 heavy (non-hydrogen) atoms. The summed E-state index contributed by atoms with van der Waals surface area (Å²) in [6, 6.07) is 10.2. The molecule has 0 radical (unpaired) electrons. The summed E-state index contributed by atoms with van der Waals surface area (Å²) in [6.45, 7) is 1.91. The fourth-order valence-corrected chi connectivity index (χ4v) is 5.00. The summed E-state index contributed by atoms with van der Waals surface area (Å²) >= 11 is 0. The first kappa shape index (κ1) is 27.2. The topological polar surface area (TPSA) is 130 Å². The number of aromatic nitrogens is 4. The molecular weight excluding hydrogens is 516 g/mol. The predicted octanol–water partition coefficient (Wildman–Crippen LogP) is 2.95. The Morgan fingerprint density at radius 1 is 1.05 bits per heavy atom. The van der Waals surface area contributed by atoms with Crippen molar-refractivity contribution in [2.45, 2.75) is 64.2 Å². The molecule has 2 heterocycles. The lowest BCUT2D eigenvalue weighted by Gasteiger charge is -2.31. The van der Waals surface area contributed by atoms with Gasteiger partial charge >= 0.3 is 0 Å². The molecule has 1 aliphatic carbocycles. The second-order valence-electron chi connectivity index (χ2n) is 9.94. The van der Waals surface area contributed by atoms with Crippen LogP contribution in [-0.4, -0.2) is 70.0 Å². The summed E-state index contributed by atoms with van der Waals surface area (Å²) in [5, 5.41) is 15.7. The van der Waals surface area contributed by atoms with Crippen LogP contribution in [0.5, 0.6) is 23.0 Å². The van der Waals surface area contributed by atoms with Crippen LogP contribution in [-0.2, 0) is 22.7 Å². The Kier molecular flexibility index (Phi) is 8.32. The molecule has 0 bridgehead atoms. The van der Waals surface area contributed by atoms with E-state index in [0.717, 1.165) is 31.2 Å². The van der Waals surface area contributed by atoms with Gasteiger partial charge < -0.3 is 29.2 Å². The number of benzene rings is 2. The first-order valence-corrected chi connectivity index (χ1v) is 13.4. The summed E-state index contributed by atoms with van der Waals surface area (Å²) < 4.78 is 21.6. The van der Waals surface area contributed by atoms with Gasteiger partial charge in [0.25, 0.3) is 0 Å². The van der Waals surface area contributed by atoms with Crippen LogP contribution in [0.1, 0.15) is 44.6 Å². The summed E-state index contributed by atoms with van der Waals surface area (Å²) in [6.07, 6.45) is 5.29. The molecular formula is C28H34N6O6. The molecule has 0 spiro atoms. The van der Waals surface area contributed by atoms with Gasteiger partial charge in [0.2, 0.25) is 24.4 Å². The summed E-state index contributed by atoms with van der Waals surface area (Å²) in [5.74, 6) is 2.20. The Morgan fingerprint density at radius 3 is 2.60 bits per heavy atom. The zero-order chi connectivity index (χ0) is 28.1. The van der Waals surface area contributed by atoms with Crippen LogP contribution in [0.15, 0.2) is 36.4 Å². The highest BCUT2D eigenvalue weighted by molar-refractivity contribution is 5.87. The minimum absolute atomic E-state index is 0.132. The molecule has 2 aliphatic rings. The molecule has 12 heteroatoms. The Balaban J connectivity index is 1.33. The van der Waals surface area contributed by atoms with Gasteiger partial charge in [-0.15, -0.1) is 10.2 Å². The zero-order valence-electron chi connectivity index (χ0n) is 23.0. The highest BCUT2D eigenvalue weighted by Crippen LogP contribution is 2.33. The molecule has 1 saturated carbocycles. The number of hydrogen-bond donors (Lipinski definition) is 1. The molecule has 5 rings (SSSR count). The van der Waals surface area contributed by atoms with Crippen LogP contribution in [0, 0.1) is 0 Å². The van der Waals surface area contributed by atoms with E-state index in [2.05, 4.69) is 20.7 Å². The van der Waals surface area contributed by atoms with Crippen molar-refractivity contribution in [1.29, 1.82) is 0 Å². The second-order valence-corrected chi connectivity index (χ2v) is 9.94. The quantitative estimate of drug-likeness (QED) is 0.405. The lowest BCUT2D eigenvalue weighted by atomic mass is 9.95. The summed E-state index contributed by atoms with van der Waals surface area (Å²) in [4.78, 5) is 29.7. The predicted molar refractivity (Wildman–Crippen MR) is 144 cm³/mol. The molecule has 0 saturated heterocycles. The molecule has 3 aromatic rings. The number of hydrogen-bond acceptors (Lipinski definition) is 9. The zero-order valence-corrected chi connectivity index (χ0v) is 23.0. The van der Waals surface area contributed by atoms with E-state index in [-0.39, 0.29) is 37.7 Å². The number of methoxy groups -OCH3 is 2. The Bertz CT molecular complexity index is 1350. The van der Waals surface area contributed by atoms with E-state index in [9.17, 15) is 9.59 Å². The van der Waals surface area contributed by atoms with E-state index in [4.69, 9.17) is 18.9 Å². The molecule has 1 aromatic heterocycles. The molecule has 2 aromatic carbocycles. The largest absolute Gasteiger partial charge is 0.493 e. The fraction of sp³-hybridized carbons (Fsp3) is 0.464. The van der Waals surface area contributed by atoms with Crippen LogP contribution in [0.3, 0.4) is 0 Å². The van der Waals surface area contributed by atoms with Gasteiger partial charge in [-0.2, -0.15) is 4.80 Å². The third kappa shape index (κ3) is 6.11. The number of amides is 2. The standard InChI is InChI=1S/C28H34N6O6/c1-18(28(36)29-21-7-5-4-6-8-21)33(15-19-9-11-23-25(13-19)40-17-39-23)26(35)16-34-31-27(30-32-34)20-10-12-22(37-2)24(14-20)38-3/h9-14,18,21H,4-8,15-17H2,1-3H3,(H,29,36). The van der Waals surface area contributed by atoms with Gasteiger partial charge in [-0.05, 0) is 60.9 Å². The maximum atomic E-state index is 13.6. The maximum Gasteiger partial charge on any atom is 0.247 e. The fourth-order valence-electron chi connectivity index (χ4n) is 5.00. The molecule has 1 fully saturated rings. The van der Waals surface area contributed by atoms with Gasteiger partial charge in [0.15, 0.2) is 23.0 Å². The van der Waals surface area contributed by atoms with Crippen molar-refractivity contribution in [3.63, 3.8) is 0 Å². The number of nitrogens with zero attached hydrogens (tertiary/aromatic N) is 5. The van der Waals surface area contributed by atoms with Crippen LogP contribution in [0.4, 0.5) is 0 Å². The average molecular weight is 551 g/mol. The third-order valence-electron chi connectivity index (χ3n) is 7.28. The van der Waals surface area contributed by atoms with E-state index in [1.165, 1.54) is 16.1 Å². The minimum atomic E-state index is -0.714. The van der Waals surface area contributed by atoms with E-state index >= 15 is 0 Å². The number of fused-ring (bicyclic) bond motifs is 1. The Hall–Kier alpha value is -4.35. The van der Waals surface area contributed by atoms with Gasteiger partial charge in [0.05, 0.1) is 14.2 Å². The van der Waals surface area contributed by atoms with Gasteiger partial charge in [-0.3, -0.25) is 9.59 Å². The normalized spacial score (nSPS) is 15.4. The molecule has 2 amide bonds. The third-order valence-corrected chi connectivity index (χ3v) is 7.28. The Morgan fingerprint density at radius 2 is 1.82 bits per heavy atom. The van der Waals surface area contributed by atoms with E-state index < -0.39 is 6.04 Å². The number of rotatable bonds is 10. The van der Waals surface area contributed by atoms with Crippen molar-refractivity contribution < 1.29 is 28.5 Å². The number of tetrazole rings is 1. The van der Waals surface area contributed by atoms with Crippen molar-refractivity contribution in [3.05, 3.63) is 42.0 Å².